The summed E-state index contributed by atoms with van der Waals surface area (Å²) in [4.78, 5) is 11.7. The van der Waals surface area contributed by atoms with E-state index in [9.17, 15) is 4.79 Å². The van der Waals surface area contributed by atoms with Gasteiger partial charge in [-0.2, -0.15) is 11.8 Å². The third-order valence-electron chi connectivity index (χ3n) is 3.01. The standard InChI is InChI=1S/C10H18N2O2S/c13-8-3-7(4-8)5-12-10(14)9-6-15-2-1-11-9/h7-9,11,13H,1-6H2,(H,12,14). The van der Waals surface area contributed by atoms with Gasteiger partial charge in [0.05, 0.1) is 12.1 Å². The minimum absolute atomic E-state index is 0.0197. The summed E-state index contributed by atoms with van der Waals surface area (Å²) in [7, 11) is 0. The smallest absolute Gasteiger partial charge is 0.238 e. The molecule has 1 saturated carbocycles. The molecule has 0 aromatic rings. The molecule has 1 saturated heterocycles. The van der Waals surface area contributed by atoms with E-state index >= 15 is 0 Å². The number of nitrogens with one attached hydrogen (secondary N) is 2. The topological polar surface area (TPSA) is 61.4 Å². The lowest BCUT2D eigenvalue weighted by Crippen LogP contribution is -2.50. The Morgan fingerprint density at radius 3 is 2.93 bits per heavy atom. The van der Waals surface area contributed by atoms with Gasteiger partial charge in [0, 0.05) is 24.6 Å². The van der Waals surface area contributed by atoms with E-state index in [1.54, 1.807) is 0 Å². The highest BCUT2D eigenvalue weighted by atomic mass is 32.2. The zero-order valence-corrected chi connectivity index (χ0v) is 9.55. The summed E-state index contributed by atoms with van der Waals surface area (Å²) in [6, 6.07) is -0.0197. The molecule has 0 spiro atoms. The lowest BCUT2D eigenvalue weighted by Gasteiger charge is -2.32. The lowest BCUT2D eigenvalue weighted by molar-refractivity contribution is -0.123. The van der Waals surface area contributed by atoms with Crippen molar-refractivity contribution < 1.29 is 9.90 Å². The van der Waals surface area contributed by atoms with Crippen LogP contribution in [0.15, 0.2) is 0 Å². The van der Waals surface area contributed by atoms with E-state index in [1.807, 2.05) is 11.8 Å². The summed E-state index contributed by atoms with van der Waals surface area (Å²) in [6.07, 6.45) is 1.55. The fraction of sp³-hybridized carbons (Fsp3) is 0.900. The van der Waals surface area contributed by atoms with E-state index in [1.165, 1.54) is 0 Å². The van der Waals surface area contributed by atoms with Gasteiger partial charge < -0.3 is 15.7 Å². The van der Waals surface area contributed by atoms with Crippen molar-refractivity contribution in [2.24, 2.45) is 5.92 Å². The first-order valence-corrected chi connectivity index (χ1v) is 6.68. The quantitative estimate of drug-likeness (QED) is 0.616. The second-order valence-electron chi connectivity index (χ2n) is 4.32. The molecule has 86 valence electrons. The van der Waals surface area contributed by atoms with E-state index in [0.717, 1.165) is 37.4 Å². The monoisotopic (exact) mass is 230 g/mol. The minimum atomic E-state index is -0.129. The first kappa shape index (κ1) is 11.2. The van der Waals surface area contributed by atoms with Crippen molar-refractivity contribution in [2.45, 2.75) is 25.0 Å². The van der Waals surface area contributed by atoms with Gasteiger partial charge in [-0.15, -0.1) is 0 Å². The molecule has 4 nitrogen and oxygen atoms in total. The maximum absolute atomic E-state index is 11.7. The summed E-state index contributed by atoms with van der Waals surface area (Å²) in [6.45, 7) is 1.64. The number of carbonyl (C=O) groups excluding carboxylic acids is 1. The number of aliphatic hydroxyl groups is 1. The summed E-state index contributed by atoms with van der Waals surface area (Å²) in [5, 5.41) is 15.3. The first-order valence-electron chi connectivity index (χ1n) is 5.52. The Morgan fingerprint density at radius 1 is 1.53 bits per heavy atom. The zero-order chi connectivity index (χ0) is 10.7. The van der Waals surface area contributed by atoms with Gasteiger partial charge in [0.2, 0.25) is 5.91 Å². The second-order valence-corrected chi connectivity index (χ2v) is 5.47. The predicted octanol–water partition coefficient (Wildman–Crippen LogP) is -0.422. The Bertz CT molecular complexity index is 225. The van der Waals surface area contributed by atoms with Crippen LogP contribution < -0.4 is 10.6 Å². The van der Waals surface area contributed by atoms with Crippen molar-refractivity contribution in [3.8, 4) is 0 Å². The van der Waals surface area contributed by atoms with E-state index < -0.39 is 0 Å². The molecule has 1 amide bonds. The Hall–Kier alpha value is -0.260. The van der Waals surface area contributed by atoms with E-state index in [0.29, 0.717) is 5.92 Å². The molecule has 0 aromatic carbocycles. The molecule has 1 atom stereocenters. The van der Waals surface area contributed by atoms with E-state index in [-0.39, 0.29) is 18.1 Å². The Kier molecular flexibility index (Phi) is 3.88. The van der Waals surface area contributed by atoms with Crippen molar-refractivity contribution in [1.29, 1.82) is 0 Å². The summed E-state index contributed by atoms with van der Waals surface area (Å²) in [5.41, 5.74) is 0. The van der Waals surface area contributed by atoms with Gasteiger partial charge in [-0.3, -0.25) is 4.79 Å². The van der Waals surface area contributed by atoms with E-state index in [2.05, 4.69) is 10.6 Å². The molecular formula is C10H18N2O2S. The fourth-order valence-corrected chi connectivity index (χ4v) is 2.90. The van der Waals surface area contributed by atoms with Crippen molar-refractivity contribution in [3.05, 3.63) is 0 Å². The van der Waals surface area contributed by atoms with Gasteiger partial charge in [-0.05, 0) is 18.8 Å². The first-order chi connectivity index (χ1) is 7.25. The van der Waals surface area contributed by atoms with E-state index in [4.69, 9.17) is 5.11 Å². The maximum Gasteiger partial charge on any atom is 0.238 e. The van der Waals surface area contributed by atoms with Crippen molar-refractivity contribution >= 4 is 17.7 Å². The highest BCUT2D eigenvalue weighted by molar-refractivity contribution is 7.99. The molecule has 5 heteroatoms. The van der Waals surface area contributed by atoms with Gasteiger partial charge in [0.15, 0.2) is 0 Å². The van der Waals surface area contributed by atoms with Crippen molar-refractivity contribution in [3.63, 3.8) is 0 Å². The molecule has 1 aliphatic carbocycles. The molecule has 0 radical (unpaired) electrons. The lowest BCUT2D eigenvalue weighted by atomic mass is 9.82. The molecule has 2 rings (SSSR count). The number of thioether (sulfide) groups is 1. The third kappa shape index (κ3) is 3.09. The average molecular weight is 230 g/mol. The number of aliphatic hydroxyl groups excluding tert-OH is 1. The average Bonchev–Trinajstić information content (AvgIpc) is 2.23. The van der Waals surface area contributed by atoms with Gasteiger partial charge in [0.25, 0.3) is 0 Å². The number of amides is 1. The van der Waals surface area contributed by atoms with Gasteiger partial charge in [-0.1, -0.05) is 0 Å². The number of hydrogen-bond acceptors (Lipinski definition) is 4. The molecule has 2 aliphatic rings. The van der Waals surface area contributed by atoms with Crippen LogP contribution in [0.1, 0.15) is 12.8 Å². The maximum atomic E-state index is 11.7. The van der Waals surface area contributed by atoms with Gasteiger partial charge in [0.1, 0.15) is 0 Å². The van der Waals surface area contributed by atoms with Gasteiger partial charge in [-0.25, -0.2) is 0 Å². The minimum Gasteiger partial charge on any atom is -0.393 e. The van der Waals surface area contributed by atoms with Crippen LogP contribution in [-0.2, 0) is 4.79 Å². The highest BCUT2D eigenvalue weighted by Crippen LogP contribution is 2.26. The van der Waals surface area contributed by atoms with Gasteiger partial charge >= 0.3 is 0 Å². The largest absolute Gasteiger partial charge is 0.393 e. The van der Waals surface area contributed by atoms with Crippen LogP contribution >= 0.6 is 11.8 Å². The molecule has 1 unspecified atom stereocenters. The number of hydrogen-bond donors (Lipinski definition) is 3. The molecule has 1 aliphatic heterocycles. The molecule has 15 heavy (non-hydrogen) atoms. The van der Waals surface area contributed by atoms with Crippen molar-refractivity contribution in [2.75, 3.05) is 24.6 Å². The fourth-order valence-electron chi connectivity index (χ4n) is 1.97. The summed E-state index contributed by atoms with van der Waals surface area (Å²) in [5.74, 6) is 2.57. The summed E-state index contributed by atoms with van der Waals surface area (Å²) < 4.78 is 0. The van der Waals surface area contributed by atoms with Crippen LogP contribution in [0.25, 0.3) is 0 Å². The predicted molar refractivity (Wildman–Crippen MR) is 60.9 cm³/mol. The van der Waals surface area contributed by atoms with Crippen LogP contribution in [0.4, 0.5) is 0 Å². The normalized spacial score (nSPS) is 35.7. The van der Waals surface area contributed by atoms with Crippen LogP contribution in [0, 0.1) is 5.92 Å². The summed E-state index contributed by atoms with van der Waals surface area (Å²) >= 11 is 1.82. The molecule has 0 bridgehead atoms. The SMILES string of the molecule is O=C(NCC1CC(O)C1)C1CSCCN1. The Labute approximate surface area is 94.2 Å². The van der Waals surface area contributed by atoms with Crippen LogP contribution in [0.3, 0.4) is 0 Å². The third-order valence-corrected chi connectivity index (χ3v) is 4.08. The van der Waals surface area contributed by atoms with Crippen molar-refractivity contribution in [1.82, 2.24) is 10.6 Å². The molecular weight excluding hydrogens is 212 g/mol. The molecule has 3 N–H and O–H groups in total. The Morgan fingerprint density at radius 2 is 2.33 bits per heavy atom. The number of rotatable bonds is 3. The molecule has 1 heterocycles. The van der Waals surface area contributed by atoms with Crippen LogP contribution in [-0.4, -0.2) is 47.8 Å². The van der Waals surface area contributed by atoms with Crippen LogP contribution in [0.2, 0.25) is 0 Å². The Balaban J connectivity index is 1.63. The molecule has 0 aromatic heterocycles. The zero-order valence-electron chi connectivity index (χ0n) is 8.74. The second kappa shape index (κ2) is 5.18. The van der Waals surface area contributed by atoms with Crippen LogP contribution in [0.5, 0.6) is 0 Å². The number of carbonyl (C=O) groups is 1. The highest BCUT2D eigenvalue weighted by Gasteiger charge is 2.28. The molecule has 2 fully saturated rings.